The van der Waals surface area contributed by atoms with E-state index in [-0.39, 0.29) is 0 Å². The SMILES string of the molecule is OC(Cc1cccc(Br)c1)Cc1cccc(Cl)c1Cl. The zero-order chi connectivity index (χ0) is 13.8. The summed E-state index contributed by atoms with van der Waals surface area (Å²) in [6, 6.07) is 13.4. The Labute approximate surface area is 131 Å². The van der Waals surface area contributed by atoms with E-state index in [1.807, 2.05) is 36.4 Å². The number of halogens is 3. The number of rotatable bonds is 4. The molecule has 2 aromatic rings. The minimum Gasteiger partial charge on any atom is -0.392 e. The zero-order valence-electron chi connectivity index (χ0n) is 10.1. The van der Waals surface area contributed by atoms with E-state index in [9.17, 15) is 5.11 Å². The Morgan fingerprint density at radius 2 is 1.79 bits per heavy atom. The van der Waals surface area contributed by atoms with Crippen LogP contribution in [0.1, 0.15) is 11.1 Å². The summed E-state index contributed by atoms with van der Waals surface area (Å²) >= 11 is 15.5. The minimum absolute atomic E-state index is 0.481. The number of aliphatic hydroxyl groups excluding tert-OH is 1. The fourth-order valence-corrected chi connectivity index (χ4v) is 2.81. The molecule has 0 saturated carbocycles. The molecular formula is C15H13BrCl2O. The van der Waals surface area contributed by atoms with E-state index in [1.165, 1.54) is 0 Å². The Morgan fingerprint density at radius 1 is 1.05 bits per heavy atom. The van der Waals surface area contributed by atoms with Gasteiger partial charge in [0, 0.05) is 10.9 Å². The van der Waals surface area contributed by atoms with E-state index < -0.39 is 6.10 Å². The molecule has 1 N–H and O–H groups in total. The highest BCUT2D eigenvalue weighted by Crippen LogP contribution is 2.27. The Bertz CT molecular complexity index is 572. The van der Waals surface area contributed by atoms with E-state index in [1.54, 1.807) is 6.07 Å². The molecule has 2 rings (SSSR count). The molecule has 1 atom stereocenters. The standard InChI is InChI=1S/C15H13BrCl2O/c16-12-5-1-3-10(7-12)8-13(19)9-11-4-2-6-14(17)15(11)18/h1-7,13,19H,8-9H2. The molecular weight excluding hydrogens is 347 g/mol. The number of aliphatic hydroxyl groups is 1. The predicted octanol–water partition coefficient (Wildman–Crippen LogP) is 4.90. The normalized spacial score (nSPS) is 12.4. The predicted molar refractivity (Wildman–Crippen MR) is 84.0 cm³/mol. The first-order chi connectivity index (χ1) is 9.06. The Morgan fingerprint density at radius 3 is 2.53 bits per heavy atom. The molecule has 0 heterocycles. The first kappa shape index (κ1) is 14.9. The summed E-state index contributed by atoms with van der Waals surface area (Å²) in [6.45, 7) is 0. The number of hydrogen-bond donors (Lipinski definition) is 1. The van der Waals surface area contributed by atoms with E-state index in [2.05, 4.69) is 15.9 Å². The lowest BCUT2D eigenvalue weighted by molar-refractivity contribution is 0.175. The molecule has 0 amide bonds. The van der Waals surface area contributed by atoms with E-state index in [0.29, 0.717) is 22.9 Å². The van der Waals surface area contributed by atoms with Crippen LogP contribution in [0.2, 0.25) is 10.0 Å². The third-order valence-electron chi connectivity index (χ3n) is 2.85. The van der Waals surface area contributed by atoms with Crippen molar-refractivity contribution in [3.63, 3.8) is 0 Å². The van der Waals surface area contributed by atoms with Crippen molar-refractivity contribution in [3.8, 4) is 0 Å². The molecule has 2 aromatic carbocycles. The van der Waals surface area contributed by atoms with Gasteiger partial charge in [-0.25, -0.2) is 0 Å². The van der Waals surface area contributed by atoms with Crippen molar-refractivity contribution in [2.24, 2.45) is 0 Å². The highest BCUT2D eigenvalue weighted by Gasteiger charge is 2.11. The van der Waals surface area contributed by atoms with Crippen LogP contribution in [0.3, 0.4) is 0 Å². The second-order valence-corrected chi connectivity index (χ2v) is 6.11. The van der Waals surface area contributed by atoms with Crippen LogP contribution in [0.4, 0.5) is 0 Å². The van der Waals surface area contributed by atoms with Gasteiger partial charge in [-0.1, -0.05) is 63.4 Å². The van der Waals surface area contributed by atoms with Crippen LogP contribution < -0.4 is 0 Å². The fourth-order valence-electron chi connectivity index (χ4n) is 1.97. The van der Waals surface area contributed by atoms with Crippen molar-refractivity contribution in [2.75, 3.05) is 0 Å². The monoisotopic (exact) mass is 358 g/mol. The third-order valence-corrected chi connectivity index (χ3v) is 4.20. The average molecular weight is 360 g/mol. The van der Waals surface area contributed by atoms with Gasteiger partial charge in [-0.3, -0.25) is 0 Å². The van der Waals surface area contributed by atoms with Gasteiger partial charge >= 0.3 is 0 Å². The summed E-state index contributed by atoms with van der Waals surface area (Å²) in [5.41, 5.74) is 1.96. The quantitative estimate of drug-likeness (QED) is 0.822. The summed E-state index contributed by atoms with van der Waals surface area (Å²) in [7, 11) is 0. The molecule has 19 heavy (non-hydrogen) atoms. The molecule has 0 aliphatic carbocycles. The number of benzene rings is 2. The van der Waals surface area contributed by atoms with Crippen molar-refractivity contribution in [1.29, 1.82) is 0 Å². The highest BCUT2D eigenvalue weighted by atomic mass is 79.9. The van der Waals surface area contributed by atoms with Gasteiger partial charge in [-0.05, 0) is 35.7 Å². The van der Waals surface area contributed by atoms with Gasteiger partial charge in [-0.2, -0.15) is 0 Å². The molecule has 0 radical (unpaired) electrons. The average Bonchev–Trinajstić information content (AvgIpc) is 2.35. The second kappa shape index (κ2) is 6.76. The maximum atomic E-state index is 10.1. The summed E-state index contributed by atoms with van der Waals surface area (Å²) in [6.07, 6.45) is 0.596. The Hall–Kier alpha value is -0.540. The van der Waals surface area contributed by atoms with E-state index >= 15 is 0 Å². The first-order valence-corrected chi connectivity index (χ1v) is 7.46. The molecule has 0 aliphatic heterocycles. The van der Waals surface area contributed by atoms with Crippen molar-refractivity contribution >= 4 is 39.1 Å². The number of hydrogen-bond acceptors (Lipinski definition) is 1. The molecule has 4 heteroatoms. The van der Waals surface area contributed by atoms with Gasteiger partial charge in [0.1, 0.15) is 0 Å². The van der Waals surface area contributed by atoms with Crippen LogP contribution >= 0.6 is 39.1 Å². The highest BCUT2D eigenvalue weighted by molar-refractivity contribution is 9.10. The second-order valence-electron chi connectivity index (χ2n) is 4.40. The van der Waals surface area contributed by atoms with Gasteiger partial charge < -0.3 is 5.11 Å². The Balaban J connectivity index is 2.05. The molecule has 100 valence electrons. The van der Waals surface area contributed by atoms with Gasteiger partial charge in [0.25, 0.3) is 0 Å². The summed E-state index contributed by atoms with van der Waals surface area (Å²) in [4.78, 5) is 0. The van der Waals surface area contributed by atoms with Crippen LogP contribution in [0.25, 0.3) is 0 Å². The van der Waals surface area contributed by atoms with Crippen molar-refractivity contribution in [3.05, 3.63) is 68.1 Å². The summed E-state index contributed by atoms with van der Waals surface area (Å²) in [5.74, 6) is 0. The lowest BCUT2D eigenvalue weighted by Gasteiger charge is -2.12. The maximum absolute atomic E-state index is 10.1. The lowest BCUT2D eigenvalue weighted by atomic mass is 10.0. The molecule has 1 nitrogen and oxygen atoms in total. The first-order valence-electron chi connectivity index (χ1n) is 5.91. The van der Waals surface area contributed by atoms with Gasteiger partial charge in [-0.15, -0.1) is 0 Å². The summed E-state index contributed by atoms with van der Waals surface area (Å²) in [5, 5.41) is 11.2. The maximum Gasteiger partial charge on any atom is 0.0625 e. The fraction of sp³-hybridized carbons (Fsp3) is 0.200. The topological polar surface area (TPSA) is 20.2 Å². The molecule has 0 saturated heterocycles. The lowest BCUT2D eigenvalue weighted by Crippen LogP contribution is -2.14. The van der Waals surface area contributed by atoms with Crippen molar-refractivity contribution in [2.45, 2.75) is 18.9 Å². The molecule has 0 spiro atoms. The zero-order valence-corrected chi connectivity index (χ0v) is 13.2. The van der Waals surface area contributed by atoms with Gasteiger partial charge in [0.2, 0.25) is 0 Å². The van der Waals surface area contributed by atoms with Crippen LogP contribution in [0.15, 0.2) is 46.9 Å². The Kier molecular flexibility index (Phi) is 5.28. The third kappa shape index (κ3) is 4.22. The van der Waals surface area contributed by atoms with Crippen LogP contribution in [0.5, 0.6) is 0 Å². The molecule has 1 unspecified atom stereocenters. The van der Waals surface area contributed by atoms with Gasteiger partial charge in [0.15, 0.2) is 0 Å². The van der Waals surface area contributed by atoms with Crippen LogP contribution in [-0.2, 0) is 12.8 Å². The van der Waals surface area contributed by atoms with Crippen LogP contribution in [-0.4, -0.2) is 11.2 Å². The molecule has 0 aliphatic rings. The molecule has 0 fully saturated rings. The smallest absolute Gasteiger partial charge is 0.0625 e. The molecule has 0 bridgehead atoms. The van der Waals surface area contributed by atoms with Crippen molar-refractivity contribution < 1.29 is 5.11 Å². The van der Waals surface area contributed by atoms with E-state index in [4.69, 9.17) is 23.2 Å². The van der Waals surface area contributed by atoms with Gasteiger partial charge in [0.05, 0.1) is 16.1 Å². The minimum atomic E-state index is -0.481. The van der Waals surface area contributed by atoms with Crippen LogP contribution in [0, 0.1) is 0 Å². The largest absolute Gasteiger partial charge is 0.392 e. The van der Waals surface area contributed by atoms with Crippen molar-refractivity contribution in [1.82, 2.24) is 0 Å². The van der Waals surface area contributed by atoms with E-state index in [0.717, 1.165) is 15.6 Å². The molecule has 0 aromatic heterocycles. The summed E-state index contributed by atoms with van der Waals surface area (Å²) < 4.78 is 1.01.